The number of anilines is 1. The first-order chi connectivity index (χ1) is 9.31. The van der Waals surface area contributed by atoms with E-state index in [0.29, 0.717) is 12.0 Å². The zero-order chi connectivity index (χ0) is 13.5. The lowest BCUT2D eigenvalue weighted by Gasteiger charge is -2.29. The van der Waals surface area contributed by atoms with Crippen molar-refractivity contribution >= 4 is 5.82 Å². The van der Waals surface area contributed by atoms with Gasteiger partial charge >= 0.3 is 0 Å². The van der Waals surface area contributed by atoms with Crippen molar-refractivity contribution < 1.29 is 4.74 Å². The average molecular weight is 263 g/mol. The Bertz CT molecular complexity index is 383. The molecule has 0 spiro atoms. The molecule has 0 radical (unpaired) electrons. The van der Waals surface area contributed by atoms with Crippen LogP contribution >= 0.6 is 0 Å². The molecule has 19 heavy (non-hydrogen) atoms. The van der Waals surface area contributed by atoms with E-state index in [1.807, 2.05) is 12.1 Å². The third kappa shape index (κ3) is 4.10. The van der Waals surface area contributed by atoms with Crippen LogP contribution < -0.4 is 15.8 Å². The molecule has 2 unspecified atom stereocenters. The Morgan fingerprint density at radius 3 is 3.05 bits per heavy atom. The zero-order valence-corrected chi connectivity index (χ0v) is 11.8. The number of hydrogen-bond donors (Lipinski definition) is 2. The number of nitrogens with one attached hydrogen (secondary N) is 1. The molecule has 4 heteroatoms. The zero-order valence-electron chi connectivity index (χ0n) is 11.8. The summed E-state index contributed by atoms with van der Waals surface area (Å²) in [5.41, 5.74) is 6.17. The molecule has 1 aromatic heterocycles. The van der Waals surface area contributed by atoms with Gasteiger partial charge in [-0.15, -0.1) is 0 Å². The Hall–Kier alpha value is -1.29. The second-order valence-corrected chi connectivity index (χ2v) is 5.29. The molecule has 1 fully saturated rings. The van der Waals surface area contributed by atoms with Crippen LogP contribution in [0.4, 0.5) is 5.82 Å². The fourth-order valence-electron chi connectivity index (χ4n) is 2.57. The van der Waals surface area contributed by atoms with E-state index in [-0.39, 0.29) is 0 Å². The first-order valence-corrected chi connectivity index (χ1v) is 7.38. The highest BCUT2D eigenvalue weighted by Gasteiger charge is 2.21. The maximum absolute atomic E-state index is 6.17. The Kier molecular flexibility index (Phi) is 5.45. The predicted molar refractivity (Wildman–Crippen MR) is 78.4 cm³/mol. The molecule has 4 nitrogen and oxygen atoms in total. The summed E-state index contributed by atoms with van der Waals surface area (Å²) in [5.74, 6) is 2.23. The molecule has 2 atom stereocenters. The van der Waals surface area contributed by atoms with Crippen molar-refractivity contribution in [2.24, 2.45) is 11.7 Å². The molecule has 1 saturated carbocycles. The molecule has 0 aliphatic heterocycles. The van der Waals surface area contributed by atoms with Gasteiger partial charge in [-0.1, -0.05) is 19.8 Å². The molecule has 1 aliphatic carbocycles. The Labute approximate surface area is 115 Å². The van der Waals surface area contributed by atoms with Crippen molar-refractivity contribution in [1.82, 2.24) is 4.98 Å². The third-order valence-corrected chi connectivity index (χ3v) is 3.73. The van der Waals surface area contributed by atoms with Crippen LogP contribution in [-0.2, 0) is 0 Å². The summed E-state index contributed by atoms with van der Waals surface area (Å²) in [6.45, 7) is 3.72. The third-order valence-electron chi connectivity index (χ3n) is 3.73. The van der Waals surface area contributed by atoms with Crippen molar-refractivity contribution in [2.75, 3.05) is 18.5 Å². The van der Waals surface area contributed by atoms with E-state index in [4.69, 9.17) is 10.5 Å². The van der Waals surface area contributed by atoms with Gasteiger partial charge in [0.05, 0.1) is 6.61 Å². The van der Waals surface area contributed by atoms with Crippen LogP contribution in [0.5, 0.6) is 5.75 Å². The molecular formula is C15H25N3O. The van der Waals surface area contributed by atoms with Crippen molar-refractivity contribution in [1.29, 1.82) is 0 Å². The second-order valence-electron chi connectivity index (χ2n) is 5.29. The van der Waals surface area contributed by atoms with E-state index < -0.39 is 0 Å². The number of ether oxygens (including phenoxy) is 1. The van der Waals surface area contributed by atoms with Gasteiger partial charge in [0, 0.05) is 18.8 Å². The van der Waals surface area contributed by atoms with Crippen molar-refractivity contribution in [3.05, 3.63) is 18.3 Å². The van der Waals surface area contributed by atoms with E-state index in [1.165, 1.54) is 19.3 Å². The molecule has 1 aromatic rings. The lowest BCUT2D eigenvalue weighted by atomic mass is 9.85. The SMILES string of the molecule is CCCOc1cccnc1NCC1CCCCC1N. The maximum Gasteiger partial charge on any atom is 0.168 e. The van der Waals surface area contributed by atoms with E-state index in [9.17, 15) is 0 Å². The van der Waals surface area contributed by atoms with Gasteiger partial charge in [-0.2, -0.15) is 0 Å². The average Bonchev–Trinajstić information content (AvgIpc) is 2.45. The molecular weight excluding hydrogens is 238 g/mol. The normalized spacial score (nSPS) is 23.1. The standard InChI is InChI=1S/C15H25N3O/c1-2-10-19-14-8-5-9-17-15(14)18-11-12-6-3-4-7-13(12)16/h5,8-9,12-13H,2-4,6-7,10-11,16H2,1H3,(H,17,18). The highest BCUT2D eigenvalue weighted by atomic mass is 16.5. The predicted octanol–water partition coefficient (Wildman–Crippen LogP) is 2.80. The molecule has 1 heterocycles. The molecule has 0 saturated heterocycles. The number of nitrogens with zero attached hydrogens (tertiary/aromatic N) is 1. The Balaban J connectivity index is 1.91. The highest BCUT2D eigenvalue weighted by Crippen LogP contribution is 2.25. The largest absolute Gasteiger partial charge is 0.490 e. The van der Waals surface area contributed by atoms with Gasteiger partial charge in [0.2, 0.25) is 0 Å². The quantitative estimate of drug-likeness (QED) is 0.828. The van der Waals surface area contributed by atoms with Gasteiger partial charge < -0.3 is 15.8 Å². The van der Waals surface area contributed by atoms with Gasteiger partial charge in [0.25, 0.3) is 0 Å². The Morgan fingerprint density at radius 2 is 2.26 bits per heavy atom. The minimum atomic E-state index is 0.324. The van der Waals surface area contributed by atoms with Crippen molar-refractivity contribution in [3.8, 4) is 5.75 Å². The summed E-state index contributed by atoms with van der Waals surface area (Å²) in [4.78, 5) is 4.36. The van der Waals surface area contributed by atoms with E-state index in [0.717, 1.165) is 37.6 Å². The number of rotatable bonds is 6. The van der Waals surface area contributed by atoms with Gasteiger partial charge in [-0.3, -0.25) is 0 Å². The summed E-state index contributed by atoms with van der Waals surface area (Å²) >= 11 is 0. The van der Waals surface area contributed by atoms with E-state index >= 15 is 0 Å². The minimum absolute atomic E-state index is 0.324. The number of pyridine rings is 1. The highest BCUT2D eigenvalue weighted by molar-refractivity contribution is 5.49. The van der Waals surface area contributed by atoms with Gasteiger partial charge in [-0.05, 0) is 37.3 Å². The van der Waals surface area contributed by atoms with Crippen LogP contribution in [0.2, 0.25) is 0 Å². The summed E-state index contributed by atoms with van der Waals surface area (Å²) in [6, 6.07) is 4.19. The van der Waals surface area contributed by atoms with Crippen molar-refractivity contribution in [3.63, 3.8) is 0 Å². The van der Waals surface area contributed by atoms with Crippen LogP contribution in [-0.4, -0.2) is 24.2 Å². The van der Waals surface area contributed by atoms with Gasteiger partial charge in [-0.25, -0.2) is 4.98 Å². The smallest absolute Gasteiger partial charge is 0.168 e. The number of hydrogen-bond acceptors (Lipinski definition) is 4. The molecule has 3 N–H and O–H groups in total. The van der Waals surface area contributed by atoms with Crippen LogP contribution in [0, 0.1) is 5.92 Å². The summed E-state index contributed by atoms with van der Waals surface area (Å²) < 4.78 is 5.70. The summed E-state index contributed by atoms with van der Waals surface area (Å²) in [6.07, 6.45) is 7.72. The monoisotopic (exact) mass is 263 g/mol. The van der Waals surface area contributed by atoms with Gasteiger partial charge in [0.15, 0.2) is 11.6 Å². The summed E-state index contributed by atoms with van der Waals surface area (Å²) in [7, 11) is 0. The molecule has 0 aromatic carbocycles. The van der Waals surface area contributed by atoms with Crippen LogP contribution in [0.25, 0.3) is 0 Å². The van der Waals surface area contributed by atoms with Crippen LogP contribution in [0.3, 0.4) is 0 Å². The molecule has 1 aliphatic rings. The molecule has 2 rings (SSSR count). The lowest BCUT2D eigenvalue weighted by molar-refractivity contribution is 0.312. The van der Waals surface area contributed by atoms with Crippen LogP contribution in [0.1, 0.15) is 39.0 Å². The summed E-state index contributed by atoms with van der Waals surface area (Å²) in [5, 5.41) is 3.41. The van der Waals surface area contributed by atoms with E-state index in [2.05, 4.69) is 17.2 Å². The first-order valence-electron chi connectivity index (χ1n) is 7.38. The maximum atomic E-state index is 6.17. The molecule has 106 valence electrons. The van der Waals surface area contributed by atoms with Crippen LogP contribution in [0.15, 0.2) is 18.3 Å². The first kappa shape index (κ1) is 14.1. The van der Waals surface area contributed by atoms with E-state index in [1.54, 1.807) is 6.20 Å². The van der Waals surface area contributed by atoms with Gasteiger partial charge in [0.1, 0.15) is 0 Å². The topological polar surface area (TPSA) is 60.2 Å². The van der Waals surface area contributed by atoms with Crippen molar-refractivity contribution in [2.45, 2.75) is 45.1 Å². The fraction of sp³-hybridized carbons (Fsp3) is 0.667. The molecule has 0 amide bonds. The minimum Gasteiger partial charge on any atom is -0.490 e. The fourth-order valence-corrected chi connectivity index (χ4v) is 2.57. The number of aromatic nitrogens is 1. The second kappa shape index (κ2) is 7.34. The Morgan fingerprint density at radius 1 is 1.42 bits per heavy atom. The number of nitrogens with two attached hydrogens (primary N) is 1. The molecule has 0 bridgehead atoms. The lowest BCUT2D eigenvalue weighted by Crippen LogP contribution is -2.37.